The van der Waals surface area contributed by atoms with E-state index in [0.29, 0.717) is 28.1 Å². The van der Waals surface area contributed by atoms with E-state index in [9.17, 15) is 9.90 Å². The number of carbonyl (C=O) groups is 1. The molecule has 1 aromatic carbocycles. The maximum Gasteiger partial charge on any atom is 0.306 e. The molecule has 22 heavy (non-hydrogen) atoms. The van der Waals surface area contributed by atoms with Gasteiger partial charge < -0.3 is 9.84 Å². The van der Waals surface area contributed by atoms with Crippen molar-refractivity contribution in [3.63, 3.8) is 0 Å². The monoisotopic (exact) mass is 344 g/mol. The second kappa shape index (κ2) is 8.07. The van der Waals surface area contributed by atoms with Gasteiger partial charge in [0.15, 0.2) is 0 Å². The van der Waals surface area contributed by atoms with E-state index in [1.54, 1.807) is 7.11 Å². The van der Waals surface area contributed by atoms with E-state index >= 15 is 0 Å². The summed E-state index contributed by atoms with van der Waals surface area (Å²) in [5.41, 5.74) is 1.03. The van der Waals surface area contributed by atoms with Crippen LogP contribution in [0.15, 0.2) is 12.1 Å². The van der Waals surface area contributed by atoms with Crippen LogP contribution in [0.25, 0.3) is 0 Å². The lowest BCUT2D eigenvalue weighted by molar-refractivity contribution is -0.144. The molecule has 1 saturated carbocycles. The van der Waals surface area contributed by atoms with Crippen molar-refractivity contribution in [1.29, 1.82) is 0 Å². The standard InChI is InChI=1S/C17H22Cl2O3/c1-22-15-10-11(9-14(18)16(15)19)5-4-8-13(17(20)21)12-6-2-3-7-12/h9-10,12-13H,2-8H2,1H3,(H,20,21). The number of ether oxygens (including phenoxy) is 1. The second-order valence-corrected chi connectivity index (χ2v) is 6.76. The summed E-state index contributed by atoms with van der Waals surface area (Å²) in [4.78, 5) is 11.5. The van der Waals surface area contributed by atoms with Crippen LogP contribution in [0.4, 0.5) is 0 Å². The van der Waals surface area contributed by atoms with Gasteiger partial charge in [0.2, 0.25) is 0 Å². The van der Waals surface area contributed by atoms with Crippen molar-refractivity contribution in [3.05, 3.63) is 27.7 Å². The van der Waals surface area contributed by atoms with Crippen LogP contribution in [-0.2, 0) is 11.2 Å². The molecule has 0 bridgehead atoms. The number of hydrogen-bond donors (Lipinski definition) is 1. The molecule has 0 aromatic heterocycles. The summed E-state index contributed by atoms with van der Waals surface area (Å²) >= 11 is 12.1. The fourth-order valence-corrected chi connectivity index (χ4v) is 3.78. The van der Waals surface area contributed by atoms with E-state index in [2.05, 4.69) is 0 Å². The van der Waals surface area contributed by atoms with Gasteiger partial charge in [-0.2, -0.15) is 0 Å². The van der Waals surface area contributed by atoms with Crippen LogP contribution in [0.3, 0.4) is 0 Å². The number of carboxylic acids is 1. The molecule has 1 aliphatic carbocycles. The number of methoxy groups -OCH3 is 1. The van der Waals surface area contributed by atoms with E-state index in [4.69, 9.17) is 27.9 Å². The number of benzene rings is 1. The van der Waals surface area contributed by atoms with Crippen molar-refractivity contribution in [1.82, 2.24) is 0 Å². The lowest BCUT2D eigenvalue weighted by atomic mass is 9.86. The van der Waals surface area contributed by atoms with E-state index in [1.807, 2.05) is 12.1 Å². The molecule has 0 saturated heterocycles. The second-order valence-electron chi connectivity index (χ2n) is 5.98. The first kappa shape index (κ1) is 17.4. The fourth-order valence-electron chi connectivity index (χ4n) is 3.36. The first-order valence-corrected chi connectivity index (χ1v) is 8.53. The van der Waals surface area contributed by atoms with Crippen LogP contribution in [0.1, 0.15) is 44.1 Å². The van der Waals surface area contributed by atoms with Gasteiger partial charge in [-0.25, -0.2) is 0 Å². The summed E-state index contributed by atoms with van der Waals surface area (Å²) in [5, 5.41) is 10.3. The Hall–Kier alpha value is -0.930. The van der Waals surface area contributed by atoms with Crippen molar-refractivity contribution in [2.45, 2.75) is 44.9 Å². The highest BCUT2D eigenvalue weighted by atomic mass is 35.5. The minimum atomic E-state index is -0.654. The maximum absolute atomic E-state index is 11.5. The number of halogens is 2. The summed E-state index contributed by atoms with van der Waals surface area (Å²) in [6.07, 6.45) is 6.76. The van der Waals surface area contributed by atoms with E-state index < -0.39 is 5.97 Å². The van der Waals surface area contributed by atoms with Crippen LogP contribution in [-0.4, -0.2) is 18.2 Å². The Labute approximate surface area is 141 Å². The van der Waals surface area contributed by atoms with Gasteiger partial charge in [-0.3, -0.25) is 4.79 Å². The molecule has 0 radical (unpaired) electrons. The average Bonchev–Trinajstić information content (AvgIpc) is 3.00. The number of carboxylic acid groups (broad SMARTS) is 1. The Morgan fingerprint density at radius 3 is 2.64 bits per heavy atom. The van der Waals surface area contributed by atoms with Gasteiger partial charge in [0, 0.05) is 0 Å². The number of aliphatic carboxylic acids is 1. The topological polar surface area (TPSA) is 46.5 Å². The Balaban J connectivity index is 1.94. The predicted octanol–water partition coefficient (Wildman–Crippen LogP) is 5.22. The van der Waals surface area contributed by atoms with Gasteiger partial charge in [-0.15, -0.1) is 0 Å². The van der Waals surface area contributed by atoms with E-state index in [1.165, 1.54) is 12.8 Å². The lowest BCUT2D eigenvalue weighted by Gasteiger charge is -2.19. The smallest absolute Gasteiger partial charge is 0.306 e. The molecule has 0 amide bonds. The van der Waals surface area contributed by atoms with Crippen molar-refractivity contribution in [2.75, 3.05) is 7.11 Å². The molecule has 1 N–H and O–H groups in total. The summed E-state index contributed by atoms with van der Waals surface area (Å²) in [6.45, 7) is 0. The minimum Gasteiger partial charge on any atom is -0.495 e. The third-order valence-electron chi connectivity index (χ3n) is 4.54. The molecule has 2 rings (SSSR count). The summed E-state index contributed by atoms with van der Waals surface area (Å²) in [6, 6.07) is 3.71. The lowest BCUT2D eigenvalue weighted by Crippen LogP contribution is -2.21. The Morgan fingerprint density at radius 2 is 2.05 bits per heavy atom. The quantitative estimate of drug-likeness (QED) is 0.737. The molecular formula is C17H22Cl2O3. The fraction of sp³-hybridized carbons (Fsp3) is 0.588. The molecule has 122 valence electrons. The molecule has 1 unspecified atom stereocenters. The first-order valence-electron chi connectivity index (χ1n) is 7.77. The van der Waals surface area contributed by atoms with Crippen molar-refractivity contribution < 1.29 is 14.6 Å². The first-order chi connectivity index (χ1) is 10.5. The predicted molar refractivity (Wildman–Crippen MR) is 89.0 cm³/mol. The number of rotatable bonds is 7. The van der Waals surface area contributed by atoms with Crippen molar-refractivity contribution >= 4 is 29.2 Å². The van der Waals surface area contributed by atoms with E-state index in [-0.39, 0.29) is 5.92 Å². The largest absolute Gasteiger partial charge is 0.495 e. The molecule has 1 atom stereocenters. The molecule has 1 aliphatic rings. The average molecular weight is 345 g/mol. The molecule has 0 aliphatic heterocycles. The molecule has 0 spiro atoms. The molecule has 5 heteroatoms. The summed E-state index contributed by atoms with van der Waals surface area (Å²) in [5.74, 6) is 0.0429. The molecule has 3 nitrogen and oxygen atoms in total. The minimum absolute atomic E-state index is 0.216. The van der Waals surface area contributed by atoms with Gasteiger partial charge in [0.25, 0.3) is 0 Å². The molecular weight excluding hydrogens is 323 g/mol. The highest BCUT2D eigenvalue weighted by molar-refractivity contribution is 6.43. The van der Waals surface area contributed by atoms with Crippen LogP contribution in [0.2, 0.25) is 10.0 Å². The Kier molecular flexibility index (Phi) is 6.39. The van der Waals surface area contributed by atoms with Crippen molar-refractivity contribution in [2.24, 2.45) is 11.8 Å². The normalized spacial score (nSPS) is 16.7. The molecule has 0 heterocycles. The Bertz CT molecular complexity index is 525. The zero-order valence-electron chi connectivity index (χ0n) is 12.8. The summed E-state index contributed by atoms with van der Waals surface area (Å²) in [7, 11) is 1.56. The maximum atomic E-state index is 11.5. The molecule has 1 aromatic rings. The van der Waals surface area contributed by atoms with Gasteiger partial charge in [-0.05, 0) is 55.7 Å². The van der Waals surface area contributed by atoms with Gasteiger partial charge in [-0.1, -0.05) is 36.0 Å². The zero-order valence-corrected chi connectivity index (χ0v) is 14.3. The molecule has 1 fully saturated rings. The Morgan fingerprint density at radius 1 is 1.36 bits per heavy atom. The van der Waals surface area contributed by atoms with Gasteiger partial charge >= 0.3 is 5.97 Å². The summed E-state index contributed by atoms with van der Waals surface area (Å²) < 4.78 is 5.20. The SMILES string of the molecule is COc1cc(CCCC(C(=O)O)C2CCCC2)cc(Cl)c1Cl. The van der Waals surface area contributed by atoms with Gasteiger partial charge in [0.1, 0.15) is 10.8 Å². The third-order valence-corrected chi connectivity index (χ3v) is 5.33. The van der Waals surface area contributed by atoms with Crippen molar-refractivity contribution in [3.8, 4) is 5.75 Å². The van der Waals surface area contributed by atoms with Crippen LogP contribution >= 0.6 is 23.2 Å². The number of aryl methyl sites for hydroxylation is 1. The highest BCUT2D eigenvalue weighted by Gasteiger charge is 2.29. The van der Waals surface area contributed by atoms with Crippen LogP contribution in [0.5, 0.6) is 5.75 Å². The highest BCUT2D eigenvalue weighted by Crippen LogP contribution is 2.36. The third kappa shape index (κ3) is 4.30. The zero-order chi connectivity index (χ0) is 16.1. The van der Waals surface area contributed by atoms with Gasteiger partial charge in [0.05, 0.1) is 18.1 Å². The van der Waals surface area contributed by atoms with Crippen LogP contribution in [0, 0.1) is 11.8 Å². The van der Waals surface area contributed by atoms with E-state index in [0.717, 1.165) is 31.2 Å². The number of hydrogen-bond acceptors (Lipinski definition) is 2. The van der Waals surface area contributed by atoms with Crippen LogP contribution < -0.4 is 4.74 Å².